The highest BCUT2D eigenvalue weighted by molar-refractivity contribution is 8.00. The number of carbonyl (C=O) groups is 5. The molecule has 115 heavy (non-hydrogen) atoms. The van der Waals surface area contributed by atoms with Crippen molar-refractivity contribution in [2.75, 3.05) is 151 Å². The summed E-state index contributed by atoms with van der Waals surface area (Å²) in [5, 5.41) is 37.5. The first-order chi connectivity index (χ1) is 55.6. The molecule has 0 aliphatic carbocycles. The predicted molar refractivity (Wildman–Crippen MR) is 446 cm³/mol. The number of azide groups is 1. The number of hydrogen-bond acceptors (Lipinski definition) is 26. The Morgan fingerprint density at radius 3 is 2.09 bits per heavy atom. The lowest BCUT2D eigenvalue weighted by Gasteiger charge is -2.36. The number of ether oxygens (including phenoxy) is 7. The summed E-state index contributed by atoms with van der Waals surface area (Å²) in [6.45, 7) is 25.3. The van der Waals surface area contributed by atoms with Crippen LogP contribution in [0.3, 0.4) is 0 Å². The van der Waals surface area contributed by atoms with Crippen LogP contribution in [0.5, 0.6) is 11.5 Å². The Bertz CT molecular complexity index is 4140. The predicted octanol–water partition coefficient (Wildman–Crippen LogP) is 9.89. The van der Waals surface area contributed by atoms with E-state index in [0.29, 0.717) is 126 Å². The first-order valence-corrected chi connectivity index (χ1v) is 43.4. The average Bonchev–Trinajstić information content (AvgIpc) is 1.58. The van der Waals surface area contributed by atoms with Gasteiger partial charge in [0.05, 0.1) is 62.3 Å². The van der Waals surface area contributed by atoms with Gasteiger partial charge in [0.15, 0.2) is 0 Å². The molecule has 34 heteroatoms. The number of unbranched alkanes of at least 4 members (excludes halogenated alkanes) is 2. The monoisotopic (exact) mass is 1630 g/mol. The molecule has 7 N–H and O–H groups in total. The van der Waals surface area contributed by atoms with Crippen LogP contribution in [0.4, 0.5) is 28.3 Å². The second-order valence-electron chi connectivity index (χ2n) is 32.4. The molecule has 11 heterocycles. The fourth-order valence-electron chi connectivity index (χ4n) is 16.0. The molecule has 2 aromatic carbocycles. The molecule has 8 aliphatic heterocycles. The van der Waals surface area contributed by atoms with Crippen molar-refractivity contribution in [2.45, 2.75) is 217 Å². The molecule has 5 amide bonds. The Morgan fingerprint density at radius 1 is 0.757 bits per heavy atom. The van der Waals surface area contributed by atoms with Crippen LogP contribution in [0, 0.1) is 37.5 Å². The molecule has 3 aromatic heterocycles. The molecule has 8 saturated heterocycles. The van der Waals surface area contributed by atoms with Crippen molar-refractivity contribution in [3.8, 4) is 23.8 Å². The quantitative estimate of drug-likeness (QED) is 0.00485. The third-order valence-corrected chi connectivity index (χ3v) is 25.9. The fraction of sp³-hybridized carbons (Fsp3) is 0.691. The van der Waals surface area contributed by atoms with Gasteiger partial charge in [-0.05, 0) is 154 Å². The van der Waals surface area contributed by atoms with Crippen LogP contribution in [-0.2, 0) is 56.0 Å². The molecule has 5 aromatic rings. The number of rotatable bonds is 37. The van der Waals surface area contributed by atoms with Crippen LogP contribution in [-0.4, -0.2) is 239 Å². The molecule has 0 bridgehead atoms. The van der Waals surface area contributed by atoms with Crippen molar-refractivity contribution < 1.29 is 57.1 Å². The molecule has 0 radical (unpaired) electrons. The molecule has 8 fully saturated rings. The van der Waals surface area contributed by atoms with E-state index in [0.717, 1.165) is 209 Å². The first-order valence-electron chi connectivity index (χ1n) is 41.3. The number of nitrogens with one attached hydrogen (secondary N) is 7. The van der Waals surface area contributed by atoms with E-state index in [1.165, 1.54) is 0 Å². The number of carbonyl (C=O) groups excluding carboxylic acids is 5. The lowest BCUT2D eigenvalue weighted by molar-refractivity contribution is -0.125. The SMILES string of the molecule is C#CCOc1cc2nc(N3CCCC3)nc(N[C@@H]3CCCN(C(=O)OC(C)(C)C)C3)c2cc1C.C[C@]12CS[C@@H](CCCCC(=O)NCCOCCOCCN=[N+]=[N-])[C@@]1(C)CC(=O)N2.Cc1cc2c(N[C@@H]3CCCNC3)nc(N3CCCC3)nc2cc1OCc1cn(CCOCOCNC(=O)CCCC[C@@H]2SC[C@@H]3NC(=O)C[C@@H]32)nn1. The van der Waals surface area contributed by atoms with Gasteiger partial charge in [0, 0.05) is 164 Å². The topological polar surface area (TPSA) is 375 Å². The zero-order chi connectivity index (χ0) is 81.2. The van der Waals surface area contributed by atoms with Crippen molar-refractivity contribution in [1.82, 2.24) is 66.4 Å². The van der Waals surface area contributed by atoms with E-state index in [1.807, 2.05) is 82.5 Å². The van der Waals surface area contributed by atoms with Crippen molar-refractivity contribution in [3.63, 3.8) is 0 Å². The Labute approximate surface area is 684 Å². The minimum absolute atomic E-state index is 0.0149. The normalized spacial score (nSPS) is 22.9. The van der Waals surface area contributed by atoms with Gasteiger partial charge in [-0.3, -0.25) is 19.2 Å². The van der Waals surface area contributed by atoms with Crippen molar-refractivity contribution in [2.24, 2.45) is 16.4 Å². The molecule has 628 valence electrons. The van der Waals surface area contributed by atoms with E-state index >= 15 is 0 Å². The van der Waals surface area contributed by atoms with Crippen LogP contribution >= 0.6 is 23.5 Å². The van der Waals surface area contributed by atoms with Gasteiger partial charge in [-0.25, -0.2) is 19.4 Å². The van der Waals surface area contributed by atoms with E-state index in [1.54, 1.807) is 9.58 Å². The molecular weight excluding hydrogens is 1510 g/mol. The minimum Gasteiger partial charge on any atom is -0.487 e. The van der Waals surface area contributed by atoms with E-state index < -0.39 is 5.60 Å². The Kier molecular flexibility index (Phi) is 32.8. The van der Waals surface area contributed by atoms with Crippen molar-refractivity contribution in [1.29, 1.82) is 0 Å². The van der Waals surface area contributed by atoms with E-state index in [-0.39, 0.29) is 73.5 Å². The van der Waals surface area contributed by atoms with Crippen LogP contribution in [0.25, 0.3) is 32.2 Å². The maximum absolute atomic E-state index is 12.6. The smallest absolute Gasteiger partial charge is 0.410 e. The van der Waals surface area contributed by atoms with Crippen LogP contribution in [0.2, 0.25) is 0 Å². The fourth-order valence-corrected chi connectivity index (χ4v) is 19.6. The Morgan fingerprint density at radius 2 is 1.42 bits per heavy atom. The number of amides is 5. The molecule has 13 rings (SSSR count). The first kappa shape index (κ1) is 87.4. The summed E-state index contributed by atoms with van der Waals surface area (Å²) in [5.41, 5.74) is 11.9. The lowest BCUT2D eigenvalue weighted by Crippen LogP contribution is -2.49. The largest absolute Gasteiger partial charge is 0.487 e. The van der Waals surface area contributed by atoms with Crippen LogP contribution in [0.1, 0.15) is 167 Å². The Balaban J connectivity index is 0.000000180. The number of hydrogen-bond donors (Lipinski definition) is 7. The van der Waals surface area contributed by atoms with Gasteiger partial charge in [-0.15, -0.1) is 11.5 Å². The second kappa shape index (κ2) is 43.2. The van der Waals surface area contributed by atoms with Gasteiger partial charge in [0.25, 0.3) is 0 Å². The number of terminal acetylenes is 1. The number of anilines is 4. The average molecular weight is 1630 g/mol. The van der Waals surface area contributed by atoms with Crippen LogP contribution in [0.15, 0.2) is 35.6 Å². The molecule has 8 aliphatic rings. The highest BCUT2D eigenvalue weighted by Gasteiger charge is 2.60. The third-order valence-electron chi connectivity index (χ3n) is 22.4. The number of likely N-dealkylation sites (tertiary alicyclic amines) is 1. The number of nitrogens with zero attached hydrogens (tertiary/aromatic N) is 13. The molecule has 0 unspecified atom stereocenters. The summed E-state index contributed by atoms with van der Waals surface area (Å²) in [4.78, 5) is 88.9. The zero-order valence-corrected chi connectivity index (χ0v) is 69.9. The number of aryl methyl sites for hydroxylation is 2. The van der Waals surface area contributed by atoms with E-state index in [4.69, 9.17) is 65.0 Å². The van der Waals surface area contributed by atoms with E-state index in [2.05, 4.69) is 93.2 Å². The summed E-state index contributed by atoms with van der Waals surface area (Å²) in [5.74, 6) is 9.99. The Hall–Kier alpha value is -8.42. The standard InChI is InChI=1S/C36H52N10O5S.C26H35N5O3.C19H33N5O4S/c1-24-15-28-29(41-36(45-11-4-5-12-45)42-35(28)39-25-7-6-10-37-18-25)17-31(24)51-20-26-19-46(44-43-26)13-14-49-23-50-22-38-33(47)9-3-2-8-32-27-16-34(48)40-30(27)21-52-32;1-6-14-33-22-16-21-20(15-18(22)2)23(29-24(28-21)30-11-7-8-12-30)27-19-10-9-13-31(17-19)25(32)34-26(3,4)5;1-18-13-17(26)23-19(18,2)14-29-15(18)5-3-4-6-16(25)21-7-9-27-11-12-28-10-8-22-24-20/h15,17,19,25,27,30,32,37H,2-14,16,18,20-23H2,1H3,(H,38,47)(H,40,48)(H,39,41,42);1,15-16,19H,7-14,17H2,2-5H3,(H,27,28,29);15H,3-14H2,1-2H3,(H,21,25)(H,23,26)/t25-,27+,30+,32+;19-;15-,18+,19-/m110/s1. The summed E-state index contributed by atoms with van der Waals surface area (Å²) < 4.78 is 40.9. The summed E-state index contributed by atoms with van der Waals surface area (Å²) in [7, 11) is 0. The summed E-state index contributed by atoms with van der Waals surface area (Å²) >= 11 is 3.91. The van der Waals surface area contributed by atoms with Gasteiger partial charge in [0.2, 0.25) is 35.5 Å². The lowest BCUT2D eigenvalue weighted by atomic mass is 9.70. The summed E-state index contributed by atoms with van der Waals surface area (Å²) in [6.07, 6.45) is 23.7. The van der Waals surface area contributed by atoms with Gasteiger partial charge in [-0.2, -0.15) is 33.5 Å². The molecule has 32 nitrogen and oxygen atoms in total. The van der Waals surface area contributed by atoms with Crippen molar-refractivity contribution in [3.05, 3.63) is 57.7 Å². The maximum Gasteiger partial charge on any atom is 0.410 e. The summed E-state index contributed by atoms with van der Waals surface area (Å²) in [6, 6.07) is 8.87. The highest BCUT2D eigenvalue weighted by atomic mass is 32.2. The van der Waals surface area contributed by atoms with Gasteiger partial charge < -0.3 is 85.1 Å². The molecule has 0 spiro atoms. The van der Waals surface area contributed by atoms with Crippen LogP contribution < -0.4 is 56.5 Å². The second-order valence-corrected chi connectivity index (χ2v) is 34.9. The molecular formula is C81H120N20O12S2. The van der Waals surface area contributed by atoms with E-state index in [9.17, 15) is 24.0 Å². The number of aromatic nitrogens is 7. The van der Waals surface area contributed by atoms with Gasteiger partial charge >= 0.3 is 6.09 Å². The third kappa shape index (κ3) is 25.5. The van der Waals surface area contributed by atoms with Gasteiger partial charge in [-0.1, -0.05) is 36.0 Å². The maximum atomic E-state index is 12.6. The number of fused-ring (bicyclic) bond motifs is 4. The molecule has 0 saturated carbocycles. The minimum atomic E-state index is -0.512. The highest BCUT2D eigenvalue weighted by Crippen LogP contribution is 2.56. The molecule has 8 atom stereocenters. The van der Waals surface area contributed by atoms with Gasteiger partial charge in [0.1, 0.15) is 61.2 Å². The number of piperidine rings is 2. The zero-order valence-electron chi connectivity index (χ0n) is 68.2. The number of benzene rings is 2. The number of thioether (sulfide) groups is 2. The van der Waals surface area contributed by atoms with Crippen molar-refractivity contribution >= 4 is 98.6 Å².